The lowest BCUT2D eigenvalue weighted by molar-refractivity contribution is -0.161. The molecule has 4 atom stereocenters. The fourth-order valence-electron chi connectivity index (χ4n) is 4.93. The van der Waals surface area contributed by atoms with Gasteiger partial charge in [0.15, 0.2) is 6.10 Å². The van der Waals surface area contributed by atoms with Crippen molar-refractivity contribution in [3.8, 4) is 0 Å². The van der Waals surface area contributed by atoms with E-state index in [0.717, 1.165) is 44.9 Å². The van der Waals surface area contributed by atoms with E-state index in [0.29, 0.717) is 25.2 Å². The molecule has 0 aliphatic rings. The number of carbonyl (C=O) groups excluding carboxylic acids is 2. The molecular weight excluding hydrogens is 754 g/mol. The van der Waals surface area contributed by atoms with Crippen molar-refractivity contribution < 1.29 is 66.7 Å². The Morgan fingerprint density at radius 3 is 1.91 bits per heavy atom. The monoisotopic (exact) mass is 824 g/mol. The second-order valence-corrected chi connectivity index (χ2v) is 16.6. The molecule has 0 radical (unpaired) electrons. The normalized spacial score (nSPS) is 15.4. The Morgan fingerprint density at radius 2 is 1.24 bits per heavy atom. The van der Waals surface area contributed by atoms with Gasteiger partial charge in [0.25, 0.3) is 0 Å². The summed E-state index contributed by atoms with van der Waals surface area (Å²) >= 11 is 0. The van der Waals surface area contributed by atoms with E-state index < -0.39 is 72.3 Å². The molecule has 0 aliphatic heterocycles. The maximum atomic E-state index is 12.6. The topological polar surface area (TPSA) is 216 Å². The van der Waals surface area contributed by atoms with Gasteiger partial charge in [0.2, 0.25) is 0 Å². The smallest absolute Gasteiger partial charge is 0.462 e. The van der Waals surface area contributed by atoms with Crippen LogP contribution in [-0.4, -0.2) is 81.6 Å². The summed E-state index contributed by atoms with van der Waals surface area (Å²) in [7, 11) is -9.72. The molecule has 55 heavy (non-hydrogen) atoms. The third kappa shape index (κ3) is 38.7. The van der Waals surface area contributed by atoms with Crippen molar-refractivity contribution in [2.45, 2.75) is 155 Å². The number of carbonyl (C=O) groups is 2. The van der Waals surface area contributed by atoms with Crippen molar-refractivity contribution in [3.63, 3.8) is 0 Å². The van der Waals surface area contributed by atoms with Crippen LogP contribution in [0.5, 0.6) is 0 Å². The van der Waals surface area contributed by atoms with Crippen molar-refractivity contribution in [2.24, 2.45) is 5.92 Å². The minimum Gasteiger partial charge on any atom is -0.462 e. The number of hydrogen-bond acceptors (Lipinski definition) is 11. The molecule has 320 valence electrons. The predicted octanol–water partition coefficient (Wildman–Crippen LogP) is 8.33. The summed E-state index contributed by atoms with van der Waals surface area (Å²) in [5.74, 6) is -0.540. The molecule has 0 heterocycles. The lowest BCUT2D eigenvalue weighted by Crippen LogP contribution is -2.30. The zero-order valence-electron chi connectivity index (χ0n) is 33.3. The average molecular weight is 825 g/mol. The van der Waals surface area contributed by atoms with Gasteiger partial charge in [-0.25, -0.2) is 9.13 Å². The van der Waals surface area contributed by atoms with E-state index in [4.69, 9.17) is 23.8 Å². The van der Waals surface area contributed by atoms with Crippen LogP contribution in [-0.2, 0) is 41.8 Å². The molecule has 0 aromatic rings. The van der Waals surface area contributed by atoms with Crippen LogP contribution in [0.1, 0.15) is 136 Å². The number of unbranched alkanes of at least 4 members (excludes halogenated alkanes) is 9. The Balaban J connectivity index is 4.74. The van der Waals surface area contributed by atoms with Gasteiger partial charge in [-0.05, 0) is 50.9 Å². The zero-order valence-corrected chi connectivity index (χ0v) is 35.1. The minimum absolute atomic E-state index is 0.0340. The third-order valence-corrected chi connectivity index (χ3v) is 9.43. The largest absolute Gasteiger partial charge is 0.472 e. The van der Waals surface area contributed by atoms with Crippen LogP contribution in [0.4, 0.5) is 0 Å². The molecule has 0 saturated carbocycles. The van der Waals surface area contributed by atoms with Crippen LogP contribution in [0.2, 0.25) is 0 Å². The third-order valence-electron chi connectivity index (χ3n) is 7.99. The summed E-state index contributed by atoms with van der Waals surface area (Å²) in [6, 6.07) is 0. The number of aliphatic hydroxyl groups excluding tert-OH is 2. The molecule has 0 bridgehead atoms. The first-order chi connectivity index (χ1) is 26.1. The first-order valence-corrected chi connectivity index (χ1v) is 22.8. The first-order valence-electron chi connectivity index (χ1n) is 19.8. The maximum Gasteiger partial charge on any atom is 0.472 e. The van der Waals surface area contributed by atoms with Crippen molar-refractivity contribution in [2.75, 3.05) is 26.4 Å². The van der Waals surface area contributed by atoms with Crippen LogP contribution < -0.4 is 0 Å². The Hall–Kier alpha value is -1.96. The van der Waals surface area contributed by atoms with Gasteiger partial charge >= 0.3 is 27.6 Å². The van der Waals surface area contributed by atoms with Gasteiger partial charge in [-0.3, -0.25) is 23.2 Å². The molecule has 0 aromatic carbocycles. The quantitative estimate of drug-likeness (QED) is 0.0132. The van der Waals surface area contributed by atoms with Gasteiger partial charge in [0, 0.05) is 12.8 Å². The first kappa shape index (κ1) is 53.0. The zero-order chi connectivity index (χ0) is 41.2. The van der Waals surface area contributed by atoms with E-state index in [9.17, 15) is 33.8 Å². The van der Waals surface area contributed by atoms with Gasteiger partial charge in [-0.1, -0.05) is 127 Å². The lowest BCUT2D eigenvalue weighted by atomic mass is 10.0. The number of esters is 2. The molecule has 0 rings (SSSR count). The van der Waals surface area contributed by atoms with Crippen molar-refractivity contribution in [1.29, 1.82) is 0 Å². The number of allylic oxidation sites excluding steroid dienone is 7. The second-order valence-electron chi connectivity index (χ2n) is 13.9. The number of phosphoric ester groups is 2. The molecule has 14 nitrogen and oxygen atoms in total. The Labute approximate surface area is 329 Å². The summed E-state index contributed by atoms with van der Waals surface area (Å²) in [6.45, 7) is 3.70. The predicted molar refractivity (Wildman–Crippen MR) is 213 cm³/mol. The highest BCUT2D eigenvalue weighted by Gasteiger charge is 2.28. The van der Waals surface area contributed by atoms with Crippen LogP contribution in [0.15, 0.2) is 48.6 Å². The summed E-state index contributed by atoms with van der Waals surface area (Å²) in [4.78, 5) is 52.5. The highest BCUT2D eigenvalue weighted by Crippen LogP contribution is 2.43. The SMILES string of the molecule is CCCCC/C=C\C/C=C\C/C=C\C=C\[C@@H](O)CCCC(=O)OC[C@H](COP(=O)(O)OC[C@@H](O)COP(=O)(O)O)OC(=O)CCCCCCCCCC(C)C. The number of phosphoric acid groups is 2. The van der Waals surface area contributed by atoms with E-state index in [1.807, 2.05) is 12.2 Å². The number of rotatable bonds is 36. The highest BCUT2D eigenvalue weighted by atomic mass is 31.2. The molecule has 0 aromatic heterocycles. The average Bonchev–Trinajstić information content (AvgIpc) is 3.11. The second kappa shape index (κ2) is 34.1. The molecular formula is C39H70O14P2. The van der Waals surface area contributed by atoms with Gasteiger partial charge in [0.1, 0.15) is 12.7 Å². The van der Waals surface area contributed by atoms with Crippen molar-refractivity contribution in [1.82, 2.24) is 0 Å². The van der Waals surface area contributed by atoms with E-state index >= 15 is 0 Å². The summed E-state index contributed by atoms with van der Waals surface area (Å²) in [5, 5.41) is 19.9. The van der Waals surface area contributed by atoms with E-state index in [2.05, 4.69) is 54.1 Å². The summed E-state index contributed by atoms with van der Waals surface area (Å²) < 4.78 is 47.4. The standard InChI is InChI=1S/C39H70O14P2/c1-4-5-6-7-8-9-10-11-12-13-16-19-22-26-35(40)27-24-29-38(42)49-32-37(33-52-55(47,48)51-31-36(41)30-50-54(44,45)46)53-39(43)28-23-20-17-14-15-18-21-25-34(2)3/h8-9,11-12,16,19,22,26,34-37,40-41H,4-7,10,13-15,17-18,20-21,23-25,27-33H2,1-3H3,(H,47,48)(H2,44,45,46)/b9-8-,12-11-,19-16-,26-22+/t35-,36+,37-/m1/s1. The fourth-order valence-corrected chi connectivity index (χ4v) is 6.08. The van der Waals surface area contributed by atoms with Crippen molar-refractivity contribution in [3.05, 3.63) is 48.6 Å². The maximum absolute atomic E-state index is 12.6. The summed E-state index contributed by atoms with van der Waals surface area (Å²) in [6.07, 6.45) is 27.5. The van der Waals surface area contributed by atoms with E-state index in [1.165, 1.54) is 38.5 Å². The molecule has 0 amide bonds. The molecule has 0 saturated heterocycles. The van der Waals surface area contributed by atoms with E-state index in [1.54, 1.807) is 12.2 Å². The van der Waals surface area contributed by atoms with Crippen molar-refractivity contribution >= 4 is 27.6 Å². The fraction of sp³-hybridized carbons (Fsp3) is 0.744. The molecule has 0 fully saturated rings. The Bertz CT molecular complexity index is 1200. The van der Waals surface area contributed by atoms with Gasteiger partial charge in [0.05, 0.1) is 25.9 Å². The molecule has 0 spiro atoms. The molecule has 1 unspecified atom stereocenters. The van der Waals surface area contributed by atoms with Gasteiger partial charge < -0.3 is 34.4 Å². The number of ether oxygens (including phenoxy) is 2. The van der Waals surface area contributed by atoms with Crippen LogP contribution in [0.3, 0.4) is 0 Å². The Morgan fingerprint density at radius 1 is 0.636 bits per heavy atom. The van der Waals surface area contributed by atoms with Gasteiger partial charge in [-0.2, -0.15) is 0 Å². The summed E-state index contributed by atoms with van der Waals surface area (Å²) in [5.41, 5.74) is 0. The molecule has 16 heteroatoms. The molecule has 5 N–H and O–H groups in total. The van der Waals surface area contributed by atoms with Crippen LogP contribution >= 0.6 is 15.6 Å². The minimum atomic E-state index is -4.88. The van der Waals surface area contributed by atoms with Crippen LogP contribution in [0.25, 0.3) is 0 Å². The van der Waals surface area contributed by atoms with Gasteiger partial charge in [-0.15, -0.1) is 0 Å². The lowest BCUT2D eigenvalue weighted by Gasteiger charge is -2.20. The molecule has 0 aliphatic carbocycles. The van der Waals surface area contributed by atoms with E-state index in [-0.39, 0.29) is 12.8 Å². The Kier molecular flexibility index (Phi) is 32.9. The number of hydrogen-bond donors (Lipinski definition) is 5. The number of aliphatic hydroxyl groups is 2. The van der Waals surface area contributed by atoms with Crippen LogP contribution in [0, 0.1) is 5.92 Å². The highest BCUT2D eigenvalue weighted by molar-refractivity contribution is 7.47.